The maximum absolute atomic E-state index is 12.7. The minimum absolute atomic E-state index is 0.0573. The molecule has 0 unspecified atom stereocenters. The molecule has 112 valence electrons. The van der Waals surface area contributed by atoms with Crippen molar-refractivity contribution in [3.05, 3.63) is 48.0 Å². The number of carboxylic acid groups (broad SMARTS) is 1. The lowest BCUT2D eigenvalue weighted by Crippen LogP contribution is -2.41. The van der Waals surface area contributed by atoms with Gasteiger partial charge in [-0.3, -0.25) is 9.59 Å². The number of nitrogens with zero attached hydrogens (tertiary/aromatic N) is 1. The number of carbonyl (C=O) groups is 2. The third kappa shape index (κ3) is 3.72. The second-order valence-corrected chi connectivity index (χ2v) is 5.33. The predicted molar refractivity (Wildman–Crippen MR) is 80.5 cm³/mol. The molecule has 0 bridgehead atoms. The van der Waals surface area contributed by atoms with Gasteiger partial charge in [-0.25, -0.2) is 0 Å². The van der Waals surface area contributed by atoms with Gasteiger partial charge in [0.25, 0.3) is 0 Å². The molecule has 1 N–H and O–H groups in total. The second kappa shape index (κ2) is 7.07. The minimum Gasteiger partial charge on any atom is -0.481 e. The lowest BCUT2D eigenvalue weighted by Gasteiger charge is -2.30. The number of carbonyl (C=O) groups excluding carboxylic acids is 1. The smallest absolute Gasteiger partial charge is 0.307 e. The first-order chi connectivity index (χ1) is 10.1. The molecule has 4 nitrogen and oxygen atoms in total. The molecule has 4 heteroatoms. The molecule has 0 spiro atoms. The predicted octanol–water partition coefficient (Wildman–Crippen LogP) is 2.70. The summed E-state index contributed by atoms with van der Waals surface area (Å²) >= 11 is 0. The van der Waals surface area contributed by atoms with Gasteiger partial charge in [-0.2, -0.15) is 0 Å². The van der Waals surface area contributed by atoms with Crippen LogP contribution in [-0.2, 0) is 16.1 Å². The quantitative estimate of drug-likeness (QED) is 0.847. The third-order valence-corrected chi connectivity index (χ3v) is 3.98. The van der Waals surface area contributed by atoms with Crippen LogP contribution in [0.4, 0.5) is 0 Å². The molecule has 1 aliphatic carbocycles. The molecule has 0 aromatic heterocycles. The Morgan fingerprint density at radius 3 is 2.33 bits per heavy atom. The Morgan fingerprint density at radius 2 is 1.76 bits per heavy atom. The van der Waals surface area contributed by atoms with E-state index < -0.39 is 17.8 Å². The lowest BCUT2D eigenvalue weighted by atomic mass is 9.82. The second-order valence-electron chi connectivity index (χ2n) is 5.33. The van der Waals surface area contributed by atoms with E-state index in [-0.39, 0.29) is 5.91 Å². The van der Waals surface area contributed by atoms with Gasteiger partial charge in [0.05, 0.1) is 11.8 Å². The van der Waals surface area contributed by atoms with Crippen LogP contribution in [0, 0.1) is 11.8 Å². The van der Waals surface area contributed by atoms with Crippen LogP contribution in [0.3, 0.4) is 0 Å². The maximum Gasteiger partial charge on any atom is 0.307 e. The molecular weight excluding hydrogens is 266 g/mol. The van der Waals surface area contributed by atoms with E-state index >= 15 is 0 Å². The van der Waals surface area contributed by atoms with Crippen molar-refractivity contribution in [2.75, 3.05) is 6.54 Å². The largest absolute Gasteiger partial charge is 0.481 e. The van der Waals surface area contributed by atoms with Crippen LogP contribution in [0.15, 0.2) is 42.5 Å². The minimum atomic E-state index is -0.881. The van der Waals surface area contributed by atoms with Gasteiger partial charge in [-0.15, -0.1) is 0 Å². The molecule has 0 saturated heterocycles. The van der Waals surface area contributed by atoms with E-state index in [1.165, 1.54) is 0 Å². The van der Waals surface area contributed by atoms with Crippen molar-refractivity contribution in [2.45, 2.75) is 26.3 Å². The number of hydrogen-bond donors (Lipinski definition) is 1. The summed E-state index contributed by atoms with van der Waals surface area (Å²) < 4.78 is 0. The molecule has 0 fully saturated rings. The number of rotatable bonds is 5. The van der Waals surface area contributed by atoms with Crippen molar-refractivity contribution in [3.63, 3.8) is 0 Å². The van der Waals surface area contributed by atoms with E-state index in [0.717, 1.165) is 5.56 Å². The molecule has 2 atom stereocenters. The van der Waals surface area contributed by atoms with Gasteiger partial charge in [-0.1, -0.05) is 42.5 Å². The highest BCUT2D eigenvalue weighted by Crippen LogP contribution is 2.28. The van der Waals surface area contributed by atoms with Crippen LogP contribution in [0.2, 0.25) is 0 Å². The normalized spacial score (nSPS) is 21.0. The Bertz CT molecular complexity index is 524. The standard InChI is InChI=1S/C17H21NO3/c1-2-18(12-13-8-4-3-5-9-13)16(19)14-10-6-7-11-15(14)17(20)21/h3-9,14-15H,2,10-12H2,1H3,(H,20,21)/t14-,15+/m1/s1. The zero-order valence-electron chi connectivity index (χ0n) is 12.2. The summed E-state index contributed by atoms with van der Waals surface area (Å²) in [5.74, 6) is -1.99. The van der Waals surface area contributed by atoms with Gasteiger partial charge in [0, 0.05) is 13.1 Å². The van der Waals surface area contributed by atoms with Crippen LogP contribution >= 0.6 is 0 Å². The van der Waals surface area contributed by atoms with Crippen LogP contribution in [0.25, 0.3) is 0 Å². The van der Waals surface area contributed by atoms with Crippen molar-refractivity contribution in [1.29, 1.82) is 0 Å². The van der Waals surface area contributed by atoms with Crippen molar-refractivity contribution in [2.24, 2.45) is 11.8 Å². The Balaban J connectivity index is 2.12. The lowest BCUT2D eigenvalue weighted by molar-refractivity contribution is -0.150. The summed E-state index contributed by atoms with van der Waals surface area (Å²) in [6.45, 7) is 3.04. The van der Waals surface area contributed by atoms with Gasteiger partial charge >= 0.3 is 5.97 Å². The van der Waals surface area contributed by atoms with Crippen molar-refractivity contribution >= 4 is 11.9 Å². The highest BCUT2D eigenvalue weighted by atomic mass is 16.4. The molecule has 1 amide bonds. The Kier molecular flexibility index (Phi) is 5.14. The highest BCUT2D eigenvalue weighted by molar-refractivity contribution is 5.85. The van der Waals surface area contributed by atoms with Crippen molar-refractivity contribution in [3.8, 4) is 0 Å². The van der Waals surface area contributed by atoms with Gasteiger partial charge < -0.3 is 10.0 Å². The Labute approximate surface area is 125 Å². The molecule has 1 aromatic rings. The Morgan fingerprint density at radius 1 is 1.14 bits per heavy atom. The number of benzene rings is 1. The number of amides is 1. The molecule has 0 aliphatic heterocycles. The topological polar surface area (TPSA) is 57.6 Å². The monoisotopic (exact) mass is 287 g/mol. The zero-order valence-corrected chi connectivity index (χ0v) is 12.2. The Hall–Kier alpha value is -2.10. The average Bonchev–Trinajstić information content (AvgIpc) is 2.53. The molecule has 1 aliphatic rings. The first-order valence-corrected chi connectivity index (χ1v) is 7.34. The van der Waals surface area contributed by atoms with Gasteiger partial charge in [0.2, 0.25) is 5.91 Å². The first kappa shape index (κ1) is 15.3. The van der Waals surface area contributed by atoms with Gasteiger partial charge in [0.15, 0.2) is 0 Å². The summed E-state index contributed by atoms with van der Waals surface area (Å²) in [7, 11) is 0. The summed E-state index contributed by atoms with van der Waals surface area (Å²) in [6, 6.07) is 9.78. The molecule has 1 aromatic carbocycles. The molecule has 0 heterocycles. The number of carboxylic acids is 1. The third-order valence-electron chi connectivity index (χ3n) is 3.98. The van der Waals surface area contributed by atoms with E-state index in [1.54, 1.807) is 4.90 Å². The highest BCUT2D eigenvalue weighted by Gasteiger charge is 2.35. The zero-order chi connectivity index (χ0) is 15.2. The van der Waals surface area contributed by atoms with Crippen LogP contribution in [-0.4, -0.2) is 28.4 Å². The molecule has 0 radical (unpaired) electrons. The van der Waals surface area contributed by atoms with Gasteiger partial charge in [-0.05, 0) is 25.3 Å². The molecular formula is C17H21NO3. The molecule has 0 saturated carbocycles. The average molecular weight is 287 g/mol. The summed E-state index contributed by atoms with van der Waals surface area (Å²) in [5.41, 5.74) is 1.06. The fourth-order valence-electron chi connectivity index (χ4n) is 2.74. The van der Waals surface area contributed by atoms with Gasteiger partial charge in [0.1, 0.15) is 0 Å². The number of hydrogen-bond acceptors (Lipinski definition) is 2. The first-order valence-electron chi connectivity index (χ1n) is 7.34. The molecule has 21 heavy (non-hydrogen) atoms. The van der Waals surface area contributed by atoms with E-state index in [4.69, 9.17) is 0 Å². The summed E-state index contributed by atoms with van der Waals surface area (Å²) in [5, 5.41) is 9.30. The fraction of sp³-hybridized carbons (Fsp3) is 0.412. The van der Waals surface area contributed by atoms with E-state index in [9.17, 15) is 14.7 Å². The van der Waals surface area contributed by atoms with E-state index in [1.807, 2.05) is 49.4 Å². The van der Waals surface area contributed by atoms with Crippen molar-refractivity contribution in [1.82, 2.24) is 4.90 Å². The molecule has 2 rings (SSSR count). The van der Waals surface area contributed by atoms with Crippen LogP contribution in [0.5, 0.6) is 0 Å². The fourth-order valence-corrected chi connectivity index (χ4v) is 2.74. The van der Waals surface area contributed by atoms with E-state index in [2.05, 4.69) is 0 Å². The SMILES string of the molecule is CCN(Cc1ccccc1)C(=O)[C@@H]1CC=CC[C@@H]1C(=O)O. The summed E-state index contributed by atoms with van der Waals surface area (Å²) in [4.78, 5) is 25.8. The number of aliphatic carboxylic acids is 1. The van der Waals surface area contributed by atoms with E-state index in [0.29, 0.717) is 25.9 Å². The summed E-state index contributed by atoms with van der Waals surface area (Å²) in [6.07, 6.45) is 4.73. The van der Waals surface area contributed by atoms with Crippen LogP contribution in [0.1, 0.15) is 25.3 Å². The number of allylic oxidation sites excluding steroid dienone is 2. The van der Waals surface area contributed by atoms with Crippen LogP contribution < -0.4 is 0 Å². The van der Waals surface area contributed by atoms with Crippen molar-refractivity contribution < 1.29 is 14.7 Å². The maximum atomic E-state index is 12.7.